The molecule has 3 amide bonds. The third-order valence-electron chi connectivity index (χ3n) is 5.74. The van der Waals surface area contributed by atoms with E-state index in [1.54, 1.807) is 36.1 Å². The predicted octanol–water partition coefficient (Wildman–Crippen LogP) is 4.69. The molecule has 176 valence electrons. The first-order valence-electron chi connectivity index (χ1n) is 11.7. The molecular weight excluding hydrogens is 418 g/mol. The maximum atomic E-state index is 12.8. The zero-order valence-corrected chi connectivity index (χ0v) is 19.4. The van der Waals surface area contributed by atoms with E-state index in [-0.39, 0.29) is 24.4 Å². The fourth-order valence-electron chi connectivity index (χ4n) is 4.10. The van der Waals surface area contributed by atoms with Crippen LogP contribution in [0.3, 0.4) is 0 Å². The summed E-state index contributed by atoms with van der Waals surface area (Å²) >= 11 is 0. The molecule has 0 spiro atoms. The van der Waals surface area contributed by atoms with Gasteiger partial charge in [-0.3, -0.25) is 4.79 Å². The average Bonchev–Trinajstić information content (AvgIpc) is 2.82. The molecule has 2 aromatic rings. The minimum absolute atomic E-state index is 0.0359. The summed E-state index contributed by atoms with van der Waals surface area (Å²) in [5.74, 6) is -0.445. The number of rotatable bonds is 9. The number of amides is 3. The Kier molecular flexibility index (Phi) is 8.87. The second-order valence-electron chi connectivity index (χ2n) is 8.18. The molecule has 0 aromatic heterocycles. The highest BCUT2D eigenvalue weighted by Gasteiger charge is 2.22. The Balaban J connectivity index is 1.53. The molecule has 0 aliphatic heterocycles. The number of fused-ring (bicyclic) bond motifs is 1. The normalized spacial score (nSPS) is 14.7. The Hall–Kier alpha value is -3.35. The molecule has 0 bridgehead atoms. The van der Waals surface area contributed by atoms with Gasteiger partial charge < -0.3 is 20.3 Å². The molecule has 7 heteroatoms. The molecule has 1 aliphatic rings. The average molecular weight is 452 g/mol. The van der Waals surface area contributed by atoms with E-state index < -0.39 is 5.97 Å². The van der Waals surface area contributed by atoms with Crippen molar-refractivity contribution in [3.05, 3.63) is 65.2 Å². The monoisotopic (exact) mass is 451 g/mol. The number of aryl methyl sites for hydroxylation is 1. The van der Waals surface area contributed by atoms with Crippen LogP contribution in [0, 0.1) is 0 Å². The van der Waals surface area contributed by atoms with Crippen LogP contribution in [0.2, 0.25) is 0 Å². The maximum Gasteiger partial charge on any atom is 0.338 e. The van der Waals surface area contributed by atoms with E-state index in [1.807, 2.05) is 19.1 Å². The standard InChI is InChI=1S/C26H33N3O4/c1-3-17-29(26(32)27-21-14-12-20(13-15-21)25(31)33-4-2)18-16-24(30)28-23-11-7-9-19-8-5-6-10-22(19)23/h5-6,8,10,12-15,23H,3-4,7,9,11,16-18H2,1-2H3,(H,27,32)(H,28,30). The fraction of sp³-hybridized carbons (Fsp3) is 0.423. The number of esters is 1. The summed E-state index contributed by atoms with van der Waals surface area (Å²) in [6.45, 7) is 4.94. The lowest BCUT2D eigenvalue weighted by atomic mass is 9.87. The zero-order valence-electron chi connectivity index (χ0n) is 19.4. The number of carbonyl (C=O) groups excluding carboxylic acids is 3. The smallest absolute Gasteiger partial charge is 0.338 e. The SMILES string of the molecule is CCCN(CCC(=O)NC1CCCc2ccccc21)C(=O)Nc1ccc(C(=O)OCC)cc1. The van der Waals surface area contributed by atoms with Gasteiger partial charge in [-0.1, -0.05) is 31.2 Å². The second-order valence-corrected chi connectivity index (χ2v) is 8.18. The Morgan fingerprint density at radius 2 is 1.79 bits per heavy atom. The molecule has 33 heavy (non-hydrogen) atoms. The highest BCUT2D eigenvalue weighted by atomic mass is 16.5. The number of ether oxygens (including phenoxy) is 1. The van der Waals surface area contributed by atoms with E-state index in [4.69, 9.17) is 4.74 Å². The molecule has 7 nitrogen and oxygen atoms in total. The van der Waals surface area contributed by atoms with Crippen molar-refractivity contribution >= 4 is 23.6 Å². The quantitative estimate of drug-likeness (QED) is 0.542. The molecule has 1 atom stereocenters. The van der Waals surface area contributed by atoms with Crippen LogP contribution in [-0.2, 0) is 16.0 Å². The highest BCUT2D eigenvalue weighted by Crippen LogP contribution is 2.29. The fourth-order valence-corrected chi connectivity index (χ4v) is 4.10. The van der Waals surface area contributed by atoms with E-state index >= 15 is 0 Å². The summed E-state index contributed by atoms with van der Waals surface area (Å²) in [5.41, 5.74) is 3.51. The van der Waals surface area contributed by atoms with Crippen LogP contribution in [0.5, 0.6) is 0 Å². The number of nitrogens with zero attached hydrogens (tertiary/aromatic N) is 1. The van der Waals surface area contributed by atoms with Crippen LogP contribution in [0.4, 0.5) is 10.5 Å². The van der Waals surface area contributed by atoms with Crippen molar-refractivity contribution in [1.82, 2.24) is 10.2 Å². The van der Waals surface area contributed by atoms with Gasteiger partial charge in [0.15, 0.2) is 0 Å². The summed E-state index contributed by atoms with van der Waals surface area (Å²) in [5, 5.41) is 5.99. The van der Waals surface area contributed by atoms with Gasteiger partial charge in [0.2, 0.25) is 5.91 Å². The third kappa shape index (κ3) is 6.81. The molecule has 3 rings (SSSR count). The molecule has 1 unspecified atom stereocenters. The predicted molar refractivity (Wildman–Crippen MR) is 128 cm³/mol. The Morgan fingerprint density at radius 3 is 2.52 bits per heavy atom. The number of hydrogen-bond acceptors (Lipinski definition) is 4. The summed E-state index contributed by atoms with van der Waals surface area (Å²) < 4.78 is 4.97. The van der Waals surface area contributed by atoms with Crippen molar-refractivity contribution in [2.45, 2.75) is 52.0 Å². The van der Waals surface area contributed by atoms with Crippen molar-refractivity contribution < 1.29 is 19.1 Å². The largest absolute Gasteiger partial charge is 0.462 e. The number of nitrogens with one attached hydrogen (secondary N) is 2. The first-order chi connectivity index (χ1) is 16.0. The van der Waals surface area contributed by atoms with Gasteiger partial charge in [0.1, 0.15) is 0 Å². The van der Waals surface area contributed by atoms with Crippen molar-refractivity contribution in [3.8, 4) is 0 Å². The van der Waals surface area contributed by atoms with Crippen LogP contribution < -0.4 is 10.6 Å². The first-order valence-corrected chi connectivity index (χ1v) is 11.7. The Bertz CT molecular complexity index is 958. The number of urea groups is 1. The molecule has 0 saturated heterocycles. The Morgan fingerprint density at radius 1 is 1.03 bits per heavy atom. The van der Waals surface area contributed by atoms with Gasteiger partial charge in [0.25, 0.3) is 0 Å². The van der Waals surface area contributed by atoms with E-state index in [9.17, 15) is 14.4 Å². The van der Waals surface area contributed by atoms with Gasteiger partial charge in [0.05, 0.1) is 18.2 Å². The van der Waals surface area contributed by atoms with E-state index in [1.165, 1.54) is 11.1 Å². The lowest BCUT2D eigenvalue weighted by molar-refractivity contribution is -0.122. The van der Waals surface area contributed by atoms with Crippen LogP contribution in [0.15, 0.2) is 48.5 Å². The summed E-state index contributed by atoms with van der Waals surface area (Å²) in [7, 11) is 0. The second kappa shape index (κ2) is 12.0. The number of hydrogen-bond donors (Lipinski definition) is 2. The molecule has 2 aromatic carbocycles. The van der Waals surface area contributed by atoms with E-state index in [0.717, 1.165) is 25.7 Å². The lowest BCUT2D eigenvalue weighted by Gasteiger charge is -2.27. The van der Waals surface area contributed by atoms with E-state index in [0.29, 0.717) is 30.9 Å². The van der Waals surface area contributed by atoms with Gasteiger partial charge in [-0.05, 0) is 68.0 Å². The highest BCUT2D eigenvalue weighted by molar-refractivity contribution is 5.92. The van der Waals surface area contributed by atoms with Crippen molar-refractivity contribution in [1.29, 1.82) is 0 Å². The summed E-state index contributed by atoms with van der Waals surface area (Å²) in [6.07, 6.45) is 4.07. The molecule has 0 radical (unpaired) electrons. The van der Waals surface area contributed by atoms with Crippen molar-refractivity contribution in [3.63, 3.8) is 0 Å². The van der Waals surface area contributed by atoms with Gasteiger partial charge in [-0.15, -0.1) is 0 Å². The minimum Gasteiger partial charge on any atom is -0.462 e. The first kappa shape index (κ1) is 24.3. The molecule has 2 N–H and O–H groups in total. The minimum atomic E-state index is -0.394. The van der Waals surface area contributed by atoms with Crippen molar-refractivity contribution in [2.75, 3.05) is 25.0 Å². The molecule has 0 fully saturated rings. The topological polar surface area (TPSA) is 87.7 Å². The molecule has 1 aliphatic carbocycles. The summed E-state index contributed by atoms with van der Waals surface area (Å²) in [6, 6.07) is 14.6. The number of benzene rings is 2. The van der Waals surface area contributed by atoms with Gasteiger partial charge in [0, 0.05) is 25.2 Å². The van der Waals surface area contributed by atoms with Crippen LogP contribution in [0.1, 0.15) is 67.1 Å². The van der Waals surface area contributed by atoms with E-state index in [2.05, 4.69) is 22.8 Å². The maximum absolute atomic E-state index is 12.8. The lowest BCUT2D eigenvalue weighted by Crippen LogP contribution is -2.39. The molecule has 0 heterocycles. The number of anilines is 1. The summed E-state index contributed by atoms with van der Waals surface area (Å²) in [4.78, 5) is 38.9. The number of carbonyl (C=O) groups is 3. The zero-order chi connectivity index (χ0) is 23.6. The van der Waals surface area contributed by atoms with Crippen LogP contribution in [-0.4, -0.2) is 42.5 Å². The van der Waals surface area contributed by atoms with Crippen LogP contribution >= 0.6 is 0 Å². The van der Waals surface area contributed by atoms with Gasteiger partial charge in [-0.25, -0.2) is 9.59 Å². The van der Waals surface area contributed by atoms with Gasteiger partial charge in [-0.2, -0.15) is 0 Å². The van der Waals surface area contributed by atoms with Crippen molar-refractivity contribution in [2.24, 2.45) is 0 Å². The third-order valence-corrected chi connectivity index (χ3v) is 5.74. The Labute approximate surface area is 195 Å². The molecular formula is C26H33N3O4. The van der Waals surface area contributed by atoms with Crippen LogP contribution in [0.25, 0.3) is 0 Å². The van der Waals surface area contributed by atoms with Gasteiger partial charge >= 0.3 is 12.0 Å². The molecule has 0 saturated carbocycles.